The van der Waals surface area contributed by atoms with Gasteiger partial charge in [-0.1, -0.05) is 0 Å². The van der Waals surface area contributed by atoms with Gasteiger partial charge in [0, 0.05) is 18.5 Å². The van der Waals surface area contributed by atoms with E-state index in [-0.39, 0.29) is 0 Å². The Morgan fingerprint density at radius 2 is 1.86 bits per heavy atom. The molecule has 78 valence electrons. The summed E-state index contributed by atoms with van der Waals surface area (Å²) in [6.45, 7) is 3.60. The fourth-order valence-electron chi connectivity index (χ4n) is 2.77. The van der Waals surface area contributed by atoms with Gasteiger partial charge in [-0.05, 0) is 44.7 Å². The van der Waals surface area contributed by atoms with Crippen molar-refractivity contribution < 1.29 is 4.79 Å². The van der Waals surface area contributed by atoms with Crippen LogP contribution in [0.4, 0.5) is 0 Å². The highest BCUT2D eigenvalue weighted by Gasteiger charge is 2.37. The Labute approximate surface area is 84.8 Å². The van der Waals surface area contributed by atoms with E-state index in [1.807, 2.05) is 0 Å². The molecule has 3 heterocycles. The van der Waals surface area contributed by atoms with Crippen LogP contribution in [-0.4, -0.2) is 36.5 Å². The lowest BCUT2D eigenvalue weighted by atomic mass is 9.84. The van der Waals surface area contributed by atoms with E-state index >= 15 is 0 Å². The van der Waals surface area contributed by atoms with Crippen LogP contribution in [0.3, 0.4) is 0 Å². The van der Waals surface area contributed by atoms with Gasteiger partial charge >= 0.3 is 0 Å². The summed E-state index contributed by atoms with van der Waals surface area (Å²) < 4.78 is 0. The molecule has 1 aliphatic carbocycles. The first-order valence-electron chi connectivity index (χ1n) is 5.85. The summed E-state index contributed by atoms with van der Waals surface area (Å²) in [5.41, 5.74) is 0. The number of piperidine rings is 3. The third-order valence-electron chi connectivity index (χ3n) is 3.93. The highest BCUT2D eigenvalue weighted by Crippen LogP contribution is 2.31. The molecule has 0 aromatic rings. The summed E-state index contributed by atoms with van der Waals surface area (Å²) in [5.74, 6) is 1.46. The minimum atomic E-state index is 0.323. The molecule has 4 fully saturated rings. The number of nitrogens with one attached hydrogen (secondary N) is 1. The van der Waals surface area contributed by atoms with Crippen LogP contribution in [0.2, 0.25) is 0 Å². The molecule has 0 aromatic carbocycles. The Bertz CT molecular complexity index is 242. The first kappa shape index (κ1) is 8.72. The molecule has 0 radical (unpaired) electrons. The van der Waals surface area contributed by atoms with Gasteiger partial charge in [0.25, 0.3) is 0 Å². The number of amides is 1. The summed E-state index contributed by atoms with van der Waals surface area (Å²) in [4.78, 5) is 14.1. The van der Waals surface area contributed by atoms with E-state index in [1.165, 1.54) is 25.9 Å². The van der Waals surface area contributed by atoms with E-state index in [1.54, 1.807) is 0 Å². The summed E-state index contributed by atoms with van der Waals surface area (Å²) in [6, 6.07) is 0.464. The van der Waals surface area contributed by atoms with E-state index < -0.39 is 0 Å². The predicted octanol–water partition coefficient (Wildman–Crippen LogP) is 0.607. The standard InChI is InChI=1S/C11H18N2O/c14-11(9-1-2-9)12-10-7-13-5-3-8(10)4-6-13/h8-10H,1-7H2,(H,12,14). The van der Waals surface area contributed by atoms with Crippen LogP contribution in [0.15, 0.2) is 0 Å². The number of nitrogens with zero attached hydrogens (tertiary/aromatic N) is 1. The SMILES string of the molecule is O=C(NC1CN2CCC1CC2)C1CC1. The van der Waals surface area contributed by atoms with E-state index in [9.17, 15) is 4.79 Å². The van der Waals surface area contributed by atoms with Gasteiger partial charge in [0.05, 0.1) is 0 Å². The fourth-order valence-corrected chi connectivity index (χ4v) is 2.77. The number of fused-ring (bicyclic) bond motifs is 3. The molecular formula is C11H18N2O. The summed E-state index contributed by atoms with van der Waals surface area (Å²) in [6.07, 6.45) is 4.81. The predicted molar refractivity (Wildman–Crippen MR) is 53.8 cm³/mol. The van der Waals surface area contributed by atoms with E-state index in [4.69, 9.17) is 0 Å². The Hall–Kier alpha value is -0.570. The molecule has 0 aromatic heterocycles. The van der Waals surface area contributed by atoms with Gasteiger partial charge in [0.15, 0.2) is 0 Å². The highest BCUT2D eigenvalue weighted by atomic mass is 16.2. The molecule has 3 nitrogen and oxygen atoms in total. The Morgan fingerprint density at radius 1 is 1.14 bits per heavy atom. The molecule has 1 unspecified atom stereocenters. The van der Waals surface area contributed by atoms with E-state index in [2.05, 4.69) is 10.2 Å². The van der Waals surface area contributed by atoms with Crippen molar-refractivity contribution in [2.45, 2.75) is 31.7 Å². The number of hydrogen-bond donors (Lipinski definition) is 1. The maximum Gasteiger partial charge on any atom is 0.223 e. The van der Waals surface area contributed by atoms with Crippen molar-refractivity contribution in [3.8, 4) is 0 Å². The zero-order valence-corrected chi connectivity index (χ0v) is 8.54. The van der Waals surface area contributed by atoms with Crippen molar-refractivity contribution in [2.24, 2.45) is 11.8 Å². The molecule has 4 rings (SSSR count). The molecule has 0 spiro atoms. The topological polar surface area (TPSA) is 32.3 Å². The van der Waals surface area contributed by atoms with Crippen molar-refractivity contribution in [3.63, 3.8) is 0 Å². The lowest BCUT2D eigenvalue weighted by molar-refractivity contribution is -0.124. The summed E-state index contributed by atoms with van der Waals surface area (Å²) in [7, 11) is 0. The zero-order valence-electron chi connectivity index (χ0n) is 8.54. The number of carbonyl (C=O) groups excluding carboxylic acids is 1. The Balaban J connectivity index is 1.59. The lowest BCUT2D eigenvalue weighted by Crippen LogP contribution is -2.57. The third-order valence-corrected chi connectivity index (χ3v) is 3.93. The number of carbonyl (C=O) groups is 1. The minimum absolute atomic E-state index is 0.323. The second-order valence-corrected chi connectivity index (χ2v) is 5.03. The second-order valence-electron chi connectivity index (χ2n) is 5.03. The monoisotopic (exact) mass is 194 g/mol. The van der Waals surface area contributed by atoms with Gasteiger partial charge < -0.3 is 10.2 Å². The van der Waals surface area contributed by atoms with Gasteiger partial charge in [0.1, 0.15) is 0 Å². The van der Waals surface area contributed by atoms with Crippen LogP contribution in [0, 0.1) is 11.8 Å². The summed E-state index contributed by atoms with van der Waals surface area (Å²) >= 11 is 0. The first-order chi connectivity index (χ1) is 6.83. The molecule has 14 heavy (non-hydrogen) atoms. The van der Waals surface area contributed by atoms with Crippen LogP contribution >= 0.6 is 0 Å². The maximum atomic E-state index is 11.6. The van der Waals surface area contributed by atoms with Gasteiger partial charge in [0.2, 0.25) is 5.91 Å². The Kier molecular flexibility index (Phi) is 2.01. The molecular weight excluding hydrogens is 176 g/mol. The molecule has 1 saturated carbocycles. The molecule has 3 aliphatic heterocycles. The van der Waals surface area contributed by atoms with E-state index in [0.717, 1.165) is 25.3 Å². The molecule has 2 bridgehead atoms. The van der Waals surface area contributed by atoms with Crippen molar-refractivity contribution in [2.75, 3.05) is 19.6 Å². The van der Waals surface area contributed by atoms with Crippen molar-refractivity contribution in [1.82, 2.24) is 10.2 Å². The van der Waals surface area contributed by atoms with Crippen LogP contribution < -0.4 is 5.32 Å². The molecule has 1 amide bonds. The zero-order chi connectivity index (χ0) is 9.54. The second kappa shape index (κ2) is 3.23. The number of rotatable bonds is 2. The average Bonchev–Trinajstić information content (AvgIpc) is 3.02. The normalized spacial score (nSPS) is 41.0. The Morgan fingerprint density at radius 3 is 2.36 bits per heavy atom. The minimum Gasteiger partial charge on any atom is -0.352 e. The smallest absolute Gasteiger partial charge is 0.223 e. The molecule has 3 heteroatoms. The first-order valence-corrected chi connectivity index (χ1v) is 5.85. The largest absolute Gasteiger partial charge is 0.352 e. The van der Waals surface area contributed by atoms with E-state index in [0.29, 0.717) is 17.9 Å². The molecule has 1 N–H and O–H groups in total. The van der Waals surface area contributed by atoms with Crippen molar-refractivity contribution in [3.05, 3.63) is 0 Å². The molecule has 4 aliphatic rings. The molecule has 3 saturated heterocycles. The average molecular weight is 194 g/mol. The fraction of sp³-hybridized carbons (Fsp3) is 0.909. The maximum absolute atomic E-state index is 11.6. The van der Waals surface area contributed by atoms with Crippen LogP contribution in [0.1, 0.15) is 25.7 Å². The third kappa shape index (κ3) is 1.54. The number of hydrogen-bond acceptors (Lipinski definition) is 2. The lowest BCUT2D eigenvalue weighted by Gasteiger charge is -2.45. The van der Waals surface area contributed by atoms with Gasteiger partial charge in [-0.2, -0.15) is 0 Å². The van der Waals surface area contributed by atoms with Gasteiger partial charge in [-0.3, -0.25) is 4.79 Å². The van der Waals surface area contributed by atoms with Crippen LogP contribution in [-0.2, 0) is 4.79 Å². The quantitative estimate of drug-likeness (QED) is 0.698. The van der Waals surface area contributed by atoms with Crippen LogP contribution in [0.5, 0.6) is 0 Å². The molecule has 1 atom stereocenters. The van der Waals surface area contributed by atoms with Crippen molar-refractivity contribution in [1.29, 1.82) is 0 Å². The highest BCUT2D eigenvalue weighted by molar-refractivity contribution is 5.81. The van der Waals surface area contributed by atoms with Crippen molar-refractivity contribution >= 4 is 5.91 Å². The van der Waals surface area contributed by atoms with Crippen LogP contribution in [0.25, 0.3) is 0 Å². The van der Waals surface area contributed by atoms with Gasteiger partial charge in [-0.15, -0.1) is 0 Å². The van der Waals surface area contributed by atoms with Gasteiger partial charge in [-0.25, -0.2) is 0 Å². The summed E-state index contributed by atoms with van der Waals surface area (Å²) in [5, 5.41) is 3.23.